The van der Waals surface area contributed by atoms with Crippen LogP contribution in [0.2, 0.25) is 0 Å². The highest BCUT2D eigenvalue weighted by Gasteiger charge is 2.36. The highest BCUT2D eigenvalue weighted by molar-refractivity contribution is 5.98. The maximum atomic E-state index is 12.5. The Balaban J connectivity index is 0.00000161. The summed E-state index contributed by atoms with van der Waals surface area (Å²) in [6.45, 7) is 1.74. The number of anilines is 1. The zero-order chi connectivity index (χ0) is 14.0. The van der Waals surface area contributed by atoms with E-state index in [0.29, 0.717) is 16.7 Å². The molecule has 0 aromatic carbocycles. The van der Waals surface area contributed by atoms with Gasteiger partial charge in [-0.05, 0) is 37.2 Å². The topological polar surface area (TPSA) is 59.2 Å². The second-order valence-corrected chi connectivity index (χ2v) is 6.32. The Morgan fingerprint density at radius 2 is 1.81 bits per heavy atom. The van der Waals surface area contributed by atoms with Crippen LogP contribution in [-0.4, -0.2) is 28.9 Å². The van der Waals surface area contributed by atoms with E-state index in [1.54, 1.807) is 18.5 Å². The summed E-state index contributed by atoms with van der Waals surface area (Å²) in [7, 11) is 0. The number of aromatic nitrogens is 1. The molecule has 2 N–H and O–H groups in total. The van der Waals surface area contributed by atoms with E-state index in [2.05, 4.69) is 4.98 Å². The summed E-state index contributed by atoms with van der Waals surface area (Å²) in [5.74, 6) is 0.0428. The van der Waals surface area contributed by atoms with E-state index >= 15 is 0 Å². The molecule has 5 heteroatoms. The molecule has 0 atom stereocenters. The first-order chi connectivity index (χ1) is 9.70. The Kier molecular flexibility index (Phi) is 5.09. The lowest BCUT2D eigenvalue weighted by molar-refractivity contribution is 0.0472. The van der Waals surface area contributed by atoms with E-state index in [9.17, 15) is 4.79 Å². The van der Waals surface area contributed by atoms with E-state index in [-0.39, 0.29) is 18.3 Å². The molecule has 0 bridgehead atoms. The van der Waals surface area contributed by atoms with Crippen molar-refractivity contribution in [1.29, 1.82) is 0 Å². The number of nitrogens with zero attached hydrogens (tertiary/aromatic N) is 2. The van der Waals surface area contributed by atoms with Crippen LogP contribution in [0.4, 0.5) is 5.69 Å². The van der Waals surface area contributed by atoms with Crippen molar-refractivity contribution >= 4 is 24.0 Å². The molecule has 116 valence electrons. The fourth-order valence-corrected chi connectivity index (χ4v) is 3.74. The number of hydrogen-bond acceptors (Lipinski definition) is 3. The lowest BCUT2D eigenvalue weighted by atomic mass is 9.68. The van der Waals surface area contributed by atoms with Gasteiger partial charge in [0.15, 0.2) is 0 Å². The maximum absolute atomic E-state index is 12.5. The standard InChI is InChI=1S/C16H23N3O.ClH/c17-14-4-9-18-12-13(14)15(20)19-10-7-16(8-11-19)5-2-1-3-6-16;/h4,9,12H,1-3,5-8,10-11H2,(H2,17,18);1H. The highest BCUT2D eigenvalue weighted by atomic mass is 35.5. The van der Waals surface area contributed by atoms with Crippen LogP contribution in [0.1, 0.15) is 55.3 Å². The molecule has 2 fully saturated rings. The number of carbonyl (C=O) groups excluding carboxylic acids is 1. The minimum Gasteiger partial charge on any atom is -0.398 e. The van der Waals surface area contributed by atoms with Gasteiger partial charge >= 0.3 is 0 Å². The van der Waals surface area contributed by atoms with Gasteiger partial charge in [-0.25, -0.2) is 0 Å². The maximum Gasteiger partial charge on any atom is 0.257 e. The van der Waals surface area contributed by atoms with Crippen molar-refractivity contribution in [1.82, 2.24) is 9.88 Å². The first kappa shape index (κ1) is 16.1. The SMILES string of the molecule is Cl.Nc1ccncc1C(=O)N1CCC2(CCCCC2)CC1. The van der Waals surface area contributed by atoms with Gasteiger partial charge in [-0.1, -0.05) is 19.3 Å². The third kappa shape index (κ3) is 3.31. The van der Waals surface area contributed by atoms with Crippen LogP contribution < -0.4 is 5.73 Å². The summed E-state index contributed by atoms with van der Waals surface area (Å²) < 4.78 is 0. The van der Waals surface area contributed by atoms with Crippen LogP contribution in [0.5, 0.6) is 0 Å². The van der Waals surface area contributed by atoms with Crippen LogP contribution in [0, 0.1) is 5.41 Å². The van der Waals surface area contributed by atoms with Gasteiger partial charge in [-0.15, -0.1) is 12.4 Å². The molecule has 1 aliphatic heterocycles. The molecule has 21 heavy (non-hydrogen) atoms. The Bertz CT molecular complexity index is 490. The number of nitrogens with two attached hydrogens (primary N) is 1. The molecule has 1 saturated carbocycles. The molecule has 1 spiro atoms. The molecule has 1 aromatic heterocycles. The summed E-state index contributed by atoms with van der Waals surface area (Å²) >= 11 is 0. The number of amides is 1. The molecule has 1 saturated heterocycles. The Morgan fingerprint density at radius 3 is 2.43 bits per heavy atom. The highest BCUT2D eigenvalue weighted by Crippen LogP contribution is 2.44. The fourth-order valence-electron chi connectivity index (χ4n) is 3.74. The van der Waals surface area contributed by atoms with Crippen LogP contribution in [0.25, 0.3) is 0 Å². The van der Waals surface area contributed by atoms with Gasteiger partial charge < -0.3 is 10.6 Å². The second-order valence-electron chi connectivity index (χ2n) is 6.32. The average Bonchev–Trinajstić information content (AvgIpc) is 2.49. The van der Waals surface area contributed by atoms with Crippen molar-refractivity contribution in [3.63, 3.8) is 0 Å². The summed E-state index contributed by atoms with van der Waals surface area (Å²) in [6.07, 6.45) is 12.3. The Labute approximate surface area is 132 Å². The Hall–Kier alpha value is -1.29. The smallest absolute Gasteiger partial charge is 0.257 e. The number of nitrogen functional groups attached to an aromatic ring is 1. The van der Waals surface area contributed by atoms with Gasteiger partial charge in [0, 0.05) is 31.2 Å². The monoisotopic (exact) mass is 309 g/mol. The summed E-state index contributed by atoms with van der Waals surface area (Å²) in [4.78, 5) is 18.5. The van der Waals surface area contributed by atoms with E-state index in [1.807, 2.05) is 4.90 Å². The van der Waals surface area contributed by atoms with Crippen molar-refractivity contribution < 1.29 is 4.79 Å². The molecule has 2 heterocycles. The predicted octanol–water partition coefficient (Wildman–Crippen LogP) is 3.27. The minimum atomic E-state index is 0. The molecule has 0 radical (unpaired) electrons. The summed E-state index contributed by atoms with van der Waals surface area (Å²) in [5.41, 5.74) is 7.48. The molecule has 1 amide bonds. The molecule has 2 aliphatic rings. The number of halogens is 1. The predicted molar refractivity (Wildman–Crippen MR) is 86.6 cm³/mol. The van der Waals surface area contributed by atoms with Crippen molar-refractivity contribution in [2.45, 2.75) is 44.9 Å². The van der Waals surface area contributed by atoms with E-state index in [4.69, 9.17) is 5.73 Å². The van der Waals surface area contributed by atoms with Gasteiger partial charge in [0.1, 0.15) is 0 Å². The van der Waals surface area contributed by atoms with Gasteiger partial charge in [0.2, 0.25) is 0 Å². The molecule has 0 unspecified atom stereocenters. The van der Waals surface area contributed by atoms with Crippen LogP contribution >= 0.6 is 12.4 Å². The number of piperidine rings is 1. The van der Waals surface area contributed by atoms with Gasteiger partial charge in [-0.3, -0.25) is 9.78 Å². The quantitative estimate of drug-likeness (QED) is 0.866. The first-order valence-corrected chi connectivity index (χ1v) is 7.69. The Morgan fingerprint density at radius 1 is 1.14 bits per heavy atom. The number of pyridine rings is 1. The van der Waals surface area contributed by atoms with Crippen LogP contribution in [-0.2, 0) is 0 Å². The van der Waals surface area contributed by atoms with Crippen molar-refractivity contribution in [3.8, 4) is 0 Å². The zero-order valence-corrected chi connectivity index (χ0v) is 13.2. The van der Waals surface area contributed by atoms with Gasteiger partial charge in [-0.2, -0.15) is 0 Å². The molecule has 1 aliphatic carbocycles. The van der Waals surface area contributed by atoms with Crippen molar-refractivity contribution in [3.05, 3.63) is 24.0 Å². The number of likely N-dealkylation sites (tertiary alicyclic amines) is 1. The molecule has 4 nitrogen and oxygen atoms in total. The van der Waals surface area contributed by atoms with E-state index in [1.165, 1.54) is 32.1 Å². The minimum absolute atomic E-state index is 0. The van der Waals surface area contributed by atoms with Crippen LogP contribution in [0.15, 0.2) is 18.5 Å². The molecular formula is C16H24ClN3O. The lowest BCUT2D eigenvalue weighted by Gasteiger charge is -2.44. The zero-order valence-electron chi connectivity index (χ0n) is 12.4. The summed E-state index contributed by atoms with van der Waals surface area (Å²) in [6, 6.07) is 1.69. The third-order valence-electron chi connectivity index (χ3n) is 5.11. The van der Waals surface area contributed by atoms with Gasteiger partial charge in [0.25, 0.3) is 5.91 Å². The number of carbonyl (C=O) groups is 1. The number of rotatable bonds is 1. The van der Waals surface area contributed by atoms with Crippen LogP contribution in [0.3, 0.4) is 0 Å². The van der Waals surface area contributed by atoms with Crippen molar-refractivity contribution in [2.75, 3.05) is 18.8 Å². The van der Waals surface area contributed by atoms with E-state index < -0.39 is 0 Å². The molecular weight excluding hydrogens is 286 g/mol. The lowest BCUT2D eigenvalue weighted by Crippen LogP contribution is -2.44. The van der Waals surface area contributed by atoms with E-state index in [0.717, 1.165) is 25.9 Å². The first-order valence-electron chi connectivity index (χ1n) is 7.69. The number of hydrogen-bond donors (Lipinski definition) is 1. The molecule has 3 rings (SSSR count). The third-order valence-corrected chi connectivity index (χ3v) is 5.11. The second kappa shape index (κ2) is 6.65. The molecule has 1 aromatic rings. The average molecular weight is 310 g/mol. The fraction of sp³-hybridized carbons (Fsp3) is 0.625. The van der Waals surface area contributed by atoms with Crippen molar-refractivity contribution in [2.24, 2.45) is 5.41 Å². The normalized spacial score (nSPS) is 20.9. The largest absolute Gasteiger partial charge is 0.398 e. The van der Waals surface area contributed by atoms with Gasteiger partial charge in [0.05, 0.1) is 5.56 Å². The summed E-state index contributed by atoms with van der Waals surface area (Å²) in [5, 5.41) is 0.